The summed E-state index contributed by atoms with van der Waals surface area (Å²) in [5, 5.41) is 10.5. The zero-order chi connectivity index (χ0) is 18.7. The first-order valence-corrected chi connectivity index (χ1v) is 8.64. The van der Waals surface area contributed by atoms with Crippen molar-refractivity contribution in [3.63, 3.8) is 0 Å². The molecular weight excluding hydrogens is 397 g/mol. The Kier molecular flexibility index (Phi) is 5.67. The SMILES string of the molecule is O=C(O)c1ccc(OC(c2ccc(Cl)cc2)c2ccc(Cl)cc2Cl)nc1. The lowest BCUT2D eigenvalue weighted by Crippen LogP contribution is -2.11. The molecule has 0 fully saturated rings. The van der Waals surface area contributed by atoms with Gasteiger partial charge in [0.2, 0.25) is 5.88 Å². The van der Waals surface area contributed by atoms with Gasteiger partial charge in [0, 0.05) is 32.9 Å². The maximum atomic E-state index is 11.0. The smallest absolute Gasteiger partial charge is 0.337 e. The molecule has 4 nitrogen and oxygen atoms in total. The molecule has 3 rings (SSSR count). The van der Waals surface area contributed by atoms with Crippen molar-refractivity contribution in [2.45, 2.75) is 6.10 Å². The molecule has 1 N–H and O–H groups in total. The third kappa shape index (κ3) is 4.28. The van der Waals surface area contributed by atoms with Crippen LogP contribution in [0.15, 0.2) is 60.8 Å². The summed E-state index contributed by atoms with van der Waals surface area (Å²) in [4.78, 5) is 15.0. The number of carboxylic acid groups (broad SMARTS) is 1. The van der Waals surface area contributed by atoms with E-state index in [0.717, 1.165) is 5.56 Å². The monoisotopic (exact) mass is 407 g/mol. The normalized spacial score (nSPS) is 11.8. The standard InChI is InChI=1S/C19H12Cl3NO3/c20-13-4-1-11(2-5-13)18(15-7-6-14(21)9-16(15)22)26-17-8-3-12(10-23-17)19(24)25/h1-10,18H,(H,24,25). The van der Waals surface area contributed by atoms with Gasteiger partial charge in [-0.15, -0.1) is 0 Å². The molecule has 1 atom stereocenters. The quantitative estimate of drug-likeness (QED) is 0.570. The number of aromatic carboxylic acids is 1. The van der Waals surface area contributed by atoms with E-state index in [1.54, 1.807) is 30.3 Å². The fourth-order valence-electron chi connectivity index (χ4n) is 2.36. The maximum absolute atomic E-state index is 11.0. The first-order chi connectivity index (χ1) is 12.4. The summed E-state index contributed by atoms with van der Waals surface area (Å²) >= 11 is 18.3. The van der Waals surface area contributed by atoms with Gasteiger partial charge in [0.15, 0.2) is 6.10 Å². The predicted octanol–water partition coefficient (Wildman–Crippen LogP) is 5.91. The number of aromatic nitrogens is 1. The van der Waals surface area contributed by atoms with Crippen molar-refractivity contribution in [1.29, 1.82) is 0 Å². The van der Waals surface area contributed by atoms with Gasteiger partial charge in [0.1, 0.15) is 0 Å². The fraction of sp³-hybridized carbons (Fsp3) is 0.0526. The number of nitrogens with zero attached hydrogens (tertiary/aromatic N) is 1. The van der Waals surface area contributed by atoms with Crippen LogP contribution in [-0.4, -0.2) is 16.1 Å². The summed E-state index contributed by atoms with van der Waals surface area (Å²) in [5.74, 6) is -0.792. The van der Waals surface area contributed by atoms with E-state index in [-0.39, 0.29) is 11.4 Å². The van der Waals surface area contributed by atoms with Gasteiger partial charge in [-0.05, 0) is 35.9 Å². The number of ether oxygens (including phenoxy) is 1. The Morgan fingerprint density at radius 2 is 1.65 bits per heavy atom. The average Bonchev–Trinajstić information content (AvgIpc) is 2.61. The van der Waals surface area contributed by atoms with E-state index < -0.39 is 12.1 Å². The highest BCUT2D eigenvalue weighted by Crippen LogP contribution is 2.34. The Bertz CT molecular complexity index is 928. The highest BCUT2D eigenvalue weighted by molar-refractivity contribution is 6.35. The summed E-state index contributed by atoms with van der Waals surface area (Å²) < 4.78 is 6.01. The molecule has 3 aromatic rings. The molecule has 0 aliphatic rings. The van der Waals surface area contributed by atoms with Gasteiger partial charge in [-0.1, -0.05) is 53.0 Å². The molecule has 0 saturated heterocycles. The van der Waals surface area contributed by atoms with Crippen molar-refractivity contribution >= 4 is 40.8 Å². The Labute approximate surface area is 164 Å². The lowest BCUT2D eigenvalue weighted by atomic mass is 10.0. The van der Waals surface area contributed by atoms with Gasteiger partial charge in [0.25, 0.3) is 0 Å². The summed E-state index contributed by atoms with van der Waals surface area (Å²) in [7, 11) is 0. The van der Waals surface area contributed by atoms with Crippen LogP contribution in [0.3, 0.4) is 0 Å². The number of carbonyl (C=O) groups is 1. The van der Waals surface area contributed by atoms with E-state index in [9.17, 15) is 4.79 Å². The largest absolute Gasteiger partial charge is 0.478 e. The highest BCUT2D eigenvalue weighted by atomic mass is 35.5. The van der Waals surface area contributed by atoms with Crippen LogP contribution in [0.5, 0.6) is 5.88 Å². The molecule has 7 heteroatoms. The topological polar surface area (TPSA) is 59.4 Å². The van der Waals surface area contributed by atoms with Crippen molar-refractivity contribution in [3.05, 3.63) is 92.6 Å². The van der Waals surface area contributed by atoms with Gasteiger partial charge in [0.05, 0.1) is 5.56 Å². The van der Waals surface area contributed by atoms with Gasteiger partial charge in [-0.25, -0.2) is 9.78 Å². The van der Waals surface area contributed by atoms with Crippen molar-refractivity contribution in [1.82, 2.24) is 4.98 Å². The average molecular weight is 409 g/mol. The zero-order valence-corrected chi connectivity index (χ0v) is 15.5. The third-order valence-electron chi connectivity index (χ3n) is 3.64. The van der Waals surface area contributed by atoms with Crippen molar-refractivity contribution in [2.24, 2.45) is 0 Å². The van der Waals surface area contributed by atoms with E-state index in [1.165, 1.54) is 18.3 Å². The number of pyridine rings is 1. The summed E-state index contributed by atoms with van der Waals surface area (Å²) in [5.41, 5.74) is 1.58. The molecule has 0 aliphatic heterocycles. The molecule has 1 aromatic heterocycles. The lowest BCUT2D eigenvalue weighted by Gasteiger charge is -2.21. The van der Waals surface area contributed by atoms with Gasteiger partial charge < -0.3 is 9.84 Å². The number of halogens is 3. The van der Waals surface area contributed by atoms with Crippen LogP contribution >= 0.6 is 34.8 Å². The van der Waals surface area contributed by atoms with Gasteiger partial charge in [-0.3, -0.25) is 0 Å². The lowest BCUT2D eigenvalue weighted by molar-refractivity contribution is 0.0696. The molecule has 132 valence electrons. The molecule has 0 radical (unpaired) electrons. The zero-order valence-electron chi connectivity index (χ0n) is 13.2. The Hall–Kier alpha value is -2.27. The fourth-order valence-corrected chi connectivity index (χ4v) is 2.99. The van der Waals surface area contributed by atoms with Crippen molar-refractivity contribution < 1.29 is 14.6 Å². The Morgan fingerprint density at radius 1 is 0.962 bits per heavy atom. The van der Waals surface area contributed by atoms with E-state index in [1.807, 2.05) is 12.1 Å². The molecule has 0 spiro atoms. The summed E-state index contributed by atoms with van der Waals surface area (Å²) in [6.45, 7) is 0. The molecule has 0 saturated carbocycles. The number of rotatable bonds is 5. The van der Waals surface area contributed by atoms with E-state index in [4.69, 9.17) is 44.6 Å². The number of hydrogen-bond acceptors (Lipinski definition) is 3. The van der Waals surface area contributed by atoms with Crippen LogP contribution in [0.2, 0.25) is 15.1 Å². The van der Waals surface area contributed by atoms with Crippen LogP contribution in [0.1, 0.15) is 27.6 Å². The maximum Gasteiger partial charge on any atom is 0.337 e. The Morgan fingerprint density at radius 3 is 2.23 bits per heavy atom. The molecule has 2 aromatic carbocycles. The number of hydrogen-bond donors (Lipinski definition) is 1. The second-order valence-corrected chi connectivity index (χ2v) is 6.69. The van der Waals surface area contributed by atoms with Crippen LogP contribution in [0.25, 0.3) is 0 Å². The van der Waals surface area contributed by atoms with Gasteiger partial charge in [-0.2, -0.15) is 0 Å². The molecule has 0 amide bonds. The number of carboxylic acids is 1. The first kappa shape index (κ1) is 18.5. The second kappa shape index (κ2) is 7.96. The summed E-state index contributed by atoms with van der Waals surface area (Å²) in [6.07, 6.45) is 0.667. The first-order valence-electron chi connectivity index (χ1n) is 7.50. The van der Waals surface area contributed by atoms with E-state index >= 15 is 0 Å². The molecule has 26 heavy (non-hydrogen) atoms. The van der Waals surface area contributed by atoms with E-state index in [2.05, 4.69) is 4.98 Å². The minimum atomic E-state index is -1.06. The Balaban J connectivity index is 1.99. The molecule has 0 aliphatic carbocycles. The molecule has 0 bridgehead atoms. The molecular formula is C19H12Cl3NO3. The highest BCUT2D eigenvalue weighted by Gasteiger charge is 2.20. The van der Waals surface area contributed by atoms with Crippen LogP contribution in [0, 0.1) is 0 Å². The minimum absolute atomic E-state index is 0.0740. The van der Waals surface area contributed by atoms with Crippen LogP contribution in [-0.2, 0) is 0 Å². The van der Waals surface area contributed by atoms with Crippen molar-refractivity contribution in [2.75, 3.05) is 0 Å². The molecule has 1 heterocycles. The third-order valence-corrected chi connectivity index (χ3v) is 4.45. The van der Waals surface area contributed by atoms with Crippen molar-refractivity contribution in [3.8, 4) is 5.88 Å². The van der Waals surface area contributed by atoms with Gasteiger partial charge >= 0.3 is 5.97 Å². The summed E-state index contributed by atoms with van der Waals surface area (Å²) in [6, 6.07) is 15.2. The number of benzene rings is 2. The van der Waals surface area contributed by atoms with E-state index in [0.29, 0.717) is 20.6 Å². The van der Waals surface area contributed by atoms with Crippen LogP contribution < -0.4 is 4.74 Å². The predicted molar refractivity (Wildman–Crippen MR) is 102 cm³/mol. The van der Waals surface area contributed by atoms with Crippen LogP contribution in [0.4, 0.5) is 0 Å². The second-order valence-electron chi connectivity index (χ2n) is 5.41. The molecule has 1 unspecified atom stereocenters. The minimum Gasteiger partial charge on any atom is -0.478 e.